The molecule has 1 aliphatic heterocycles. The number of aliphatic hydroxyl groups is 1. The van der Waals surface area contributed by atoms with Crippen molar-refractivity contribution in [3.05, 3.63) is 70.8 Å². The number of carbonyl (C=O) groups excluding carboxylic acids is 1. The van der Waals surface area contributed by atoms with E-state index in [2.05, 4.69) is 53.4 Å². The van der Waals surface area contributed by atoms with E-state index >= 15 is 0 Å². The van der Waals surface area contributed by atoms with Gasteiger partial charge in [0.25, 0.3) is 0 Å². The molecule has 0 aromatic heterocycles. The van der Waals surface area contributed by atoms with Crippen molar-refractivity contribution in [3.63, 3.8) is 0 Å². The van der Waals surface area contributed by atoms with Crippen LogP contribution in [0, 0.1) is 0 Å². The Morgan fingerprint density at radius 3 is 2.50 bits per heavy atom. The van der Waals surface area contributed by atoms with Crippen LogP contribution in [0.3, 0.4) is 0 Å². The van der Waals surface area contributed by atoms with Crippen LogP contribution in [0.2, 0.25) is 0 Å². The van der Waals surface area contributed by atoms with Crippen LogP contribution in [0.5, 0.6) is 0 Å². The summed E-state index contributed by atoms with van der Waals surface area (Å²) < 4.78 is 14.7. The zero-order valence-electron chi connectivity index (χ0n) is 17.8. The summed E-state index contributed by atoms with van der Waals surface area (Å²) in [5.41, 5.74) is 4.32. The Morgan fingerprint density at radius 1 is 1.03 bits per heavy atom. The summed E-state index contributed by atoms with van der Waals surface area (Å²) >= 11 is 0. The summed E-state index contributed by atoms with van der Waals surface area (Å²) in [6.07, 6.45) is 7.05. The molecule has 0 radical (unpaired) electrons. The third-order valence-corrected chi connectivity index (χ3v) is 7.43. The SMILES string of the molecule is CO.O=CC1(F)CCCN(C2CCC3(Cc4ccccc4Cc4ccccc43)C2)C1. The Kier molecular flexibility index (Phi) is 6.08. The summed E-state index contributed by atoms with van der Waals surface area (Å²) in [5, 5.41) is 7.00. The zero-order valence-corrected chi connectivity index (χ0v) is 17.8. The fourth-order valence-electron chi connectivity index (χ4n) is 6.05. The average Bonchev–Trinajstić information content (AvgIpc) is 3.16. The second-order valence-electron chi connectivity index (χ2n) is 9.18. The van der Waals surface area contributed by atoms with E-state index in [0.717, 1.165) is 52.2 Å². The number of aldehydes is 1. The molecular formula is C26H32FNO2. The first-order valence-electron chi connectivity index (χ1n) is 11.1. The maximum Gasteiger partial charge on any atom is 0.178 e. The van der Waals surface area contributed by atoms with Gasteiger partial charge in [0.1, 0.15) is 0 Å². The van der Waals surface area contributed by atoms with Crippen molar-refractivity contribution < 1.29 is 14.3 Å². The standard InChI is InChI=1S/C25H28FNO.CH4O/c26-25(18-28)11-5-13-27(17-25)22-10-12-24(16-22)15-21-8-2-1-6-19(21)14-20-7-3-4-9-23(20)24;1-2/h1-4,6-9,18,22H,5,10-17H2;2H,1H3. The quantitative estimate of drug-likeness (QED) is 0.755. The van der Waals surface area contributed by atoms with Gasteiger partial charge in [-0.1, -0.05) is 48.5 Å². The lowest BCUT2D eigenvalue weighted by atomic mass is 9.73. The van der Waals surface area contributed by atoms with Gasteiger partial charge in [0.05, 0.1) is 0 Å². The van der Waals surface area contributed by atoms with E-state index in [1.54, 1.807) is 0 Å². The lowest BCUT2D eigenvalue weighted by Crippen LogP contribution is -2.50. The van der Waals surface area contributed by atoms with Crippen LogP contribution in [0.4, 0.5) is 4.39 Å². The number of carbonyl (C=O) groups is 1. The highest BCUT2D eigenvalue weighted by Crippen LogP contribution is 2.49. The summed E-state index contributed by atoms with van der Waals surface area (Å²) in [5.74, 6) is 0. The molecule has 4 heteroatoms. The van der Waals surface area contributed by atoms with Crippen molar-refractivity contribution in [3.8, 4) is 0 Å². The molecule has 1 heterocycles. The van der Waals surface area contributed by atoms with E-state index in [1.165, 1.54) is 22.3 Å². The molecular weight excluding hydrogens is 377 g/mol. The summed E-state index contributed by atoms with van der Waals surface area (Å²) in [6, 6.07) is 18.2. The number of likely N-dealkylation sites (tertiary alicyclic amines) is 1. The third kappa shape index (κ3) is 3.83. The van der Waals surface area contributed by atoms with Gasteiger partial charge in [0.2, 0.25) is 0 Å². The summed E-state index contributed by atoms with van der Waals surface area (Å²) in [4.78, 5) is 13.6. The van der Waals surface area contributed by atoms with Crippen LogP contribution in [-0.2, 0) is 23.1 Å². The van der Waals surface area contributed by atoms with Crippen LogP contribution in [0.15, 0.2) is 48.5 Å². The number of fused-ring (bicyclic) bond motifs is 3. The first kappa shape index (κ1) is 21.2. The molecule has 0 bridgehead atoms. The molecule has 0 amide bonds. The minimum atomic E-state index is -1.65. The van der Waals surface area contributed by atoms with Crippen molar-refractivity contribution in [2.24, 2.45) is 0 Å². The van der Waals surface area contributed by atoms with Crippen LogP contribution in [-0.4, -0.2) is 48.2 Å². The first-order valence-corrected chi connectivity index (χ1v) is 11.1. The van der Waals surface area contributed by atoms with E-state index in [0.29, 0.717) is 18.7 Å². The molecule has 3 unspecified atom stereocenters. The smallest absolute Gasteiger partial charge is 0.178 e. The monoisotopic (exact) mass is 409 g/mol. The molecule has 3 nitrogen and oxygen atoms in total. The van der Waals surface area contributed by atoms with E-state index in [1.807, 2.05) is 0 Å². The Bertz CT molecular complexity index is 900. The van der Waals surface area contributed by atoms with E-state index in [4.69, 9.17) is 5.11 Å². The van der Waals surface area contributed by atoms with E-state index < -0.39 is 5.67 Å². The predicted octanol–water partition coefficient (Wildman–Crippen LogP) is 4.24. The topological polar surface area (TPSA) is 40.5 Å². The van der Waals surface area contributed by atoms with Crippen LogP contribution >= 0.6 is 0 Å². The second-order valence-corrected chi connectivity index (χ2v) is 9.18. The number of rotatable bonds is 2. The highest BCUT2D eigenvalue weighted by Gasteiger charge is 2.47. The van der Waals surface area contributed by atoms with Crippen molar-refractivity contribution in [2.75, 3.05) is 20.2 Å². The number of alkyl halides is 1. The fourth-order valence-corrected chi connectivity index (χ4v) is 6.05. The van der Waals surface area contributed by atoms with Gasteiger partial charge >= 0.3 is 0 Å². The molecule has 1 saturated heterocycles. The molecule has 5 rings (SSSR count). The molecule has 3 aliphatic rings. The lowest BCUT2D eigenvalue weighted by molar-refractivity contribution is -0.122. The van der Waals surface area contributed by atoms with Gasteiger partial charge in [-0.3, -0.25) is 9.69 Å². The summed E-state index contributed by atoms with van der Waals surface area (Å²) in [6.45, 7) is 1.19. The number of benzene rings is 2. The fraction of sp³-hybridized carbons (Fsp3) is 0.500. The Morgan fingerprint density at radius 2 is 1.73 bits per heavy atom. The Hall–Kier alpha value is -2.04. The van der Waals surface area contributed by atoms with Crippen molar-refractivity contribution in [1.82, 2.24) is 4.90 Å². The van der Waals surface area contributed by atoms with Gasteiger partial charge in [-0.2, -0.15) is 0 Å². The van der Waals surface area contributed by atoms with Crippen molar-refractivity contribution >= 4 is 6.29 Å². The number of nitrogens with zero attached hydrogens (tertiary/aromatic N) is 1. The first-order chi connectivity index (χ1) is 14.6. The van der Waals surface area contributed by atoms with Gasteiger partial charge in [-0.15, -0.1) is 0 Å². The van der Waals surface area contributed by atoms with Gasteiger partial charge in [0, 0.05) is 25.1 Å². The minimum absolute atomic E-state index is 0.130. The third-order valence-electron chi connectivity index (χ3n) is 7.43. The molecule has 160 valence electrons. The van der Waals surface area contributed by atoms with Crippen molar-refractivity contribution in [2.45, 2.75) is 62.1 Å². The van der Waals surface area contributed by atoms with Gasteiger partial charge in [-0.25, -0.2) is 4.39 Å². The van der Waals surface area contributed by atoms with Gasteiger partial charge in [-0.05, 0) is 73.7 Å². The lowest BCUT2D eigenvalue weighted by Gasteiger charge is -2.39. The van der Waals surface area contributed by atoms with Crippen LogP contribution in [0.1, 0.15) is 54.4 Å². The average molecular weight is 410 g/mol. The largest absolute Gasteiger partial charge is 0.400 e. The molecule has 30 heavy (non-hydrogen) atoms. The molecule has 1 saturated carbocycles. The maximum absolute atomic E-state index is 14.7. The number of hydrogen-bond acceptors (Lipinski definition) is 3. The summed E-state index contributed by atoms with van der Waals surface area (Å²) in [7, 11) is 1.00. The highest BCUT2D eigenvalue weighted by atomic mass is 19.1. The Balaban J connectivity index is 0.00000106. The van der Waals surface area contributed by atoms with Crippen molar-refractivity contribution in [1.29, 1.82) is 0 Å². The molecule has 2 fully saturated rings. The molecule has 1 N–H and O–H groups in total. The number of aliphatic hydroxyl groups excluding tert-OH is 1. The van der Waals surface area contributed by atoms with E-state index in [-0.39, 0.29) is 12.0 Å². The normalized spacial score (nSPS) is 30.6. The van der Waals surface area contributed by atoms with Crippen LogP contribution in [0.25, 0.3) is 0 Å². The predicted molar refractivity (Wildman–Crippen MR) is 118 cm³/mol. The molecule has 3 atom stereocenters. The number of halogens is 1. The second kappa shape index (κ2) is 8.60. The van der Waals surface area contributed by atoms with Gasteiger partial charge in [0.15, 0.2) is 12.0 Å². The highest BCUT2D eigenvalue weighted by molar-refractivity contribution is 5.63. The molecule has 2 aromatic rings. The molecule has 2 aliphatic carbocycles. The molecule has 1 spiro atoms. The van der Waals surface area contributed by atoms with Gasteiger partial charge < -0.3 is 5.11 Å². The van der Waals surface area contributed by atoms with E-state index in [9.17, 15) is 9.18 Å². The number of piperidine rings is 1. The number of hydrogen-bond donors (Lipinski definition) is 1. The Labute approximate surface area is 178 Å². The minimum Gasteiger partial charge on any atom is -0.400 e. The molecule has 2 aromatic carbocycles. The van der Waals surface area contributed by atoms with Crippen LogP contribution < -0.4 is 0 Å². The zero-order chi connectivity index (χ0) is 21.2. The maximum atomic E-state index is 14.7.